The van der Waals surface area contributed by atoms with Crippen LogP contribution in [0.1, 0.15) is 45.2 Å². The average Bonchev–Trinajstić information content (AvgIpc) is 3.29. The first-order valence-corrected chi connectivity index (χ1v) is 13.7. The van der Waals surface area contributed by atoms with Crippen molar-refractivity contribution < 1.29 is 14.4 Å². The number of amides is 3. The number of nitrogens with zero attached hydrogens (tertiary/aromatic N) is 3. The van der Waals surface area contributed by atoms with Gasteiger partial charge in [0.25, 0.3) is 11.8 Å². The van der Waals surface area contributed by atoms with Gasteiger partial charge in [0.2, 0.25) is 5.91 Å². The van der Waals surface area contributed by atoms with Crippen LogP contribution in [-0.2, 0) is 22.6 Å². The number of carbonyl (C=O) groups is 3. The number of likely N-dealkylation sites (N-methyl/N-ethyl adjacent to an activating group) is 1. The van der Waals surface area contributed by atoms with Crippen LogP contribution in [0.15, 0.2) is 24.3 Å². The number of nitrogens with one attached hydrogen (secondary N) is 3. The summed E-state index contributed by atoms with van der Waals surface area (Å²) in [4.78, 5) is 48.3. The molecule has 0 spiro atoms. The average molecular weight is 543 g/mol. The van der Waals surface area contributed by atoms with E-state index in [0.29, 0.717) is 30.0 Å². The number of anilines is 1. The predicted octanol–water partition coefficient (Wildman–Crippen LogP) is 2.35. The van der Waals surface area contributed by atoms with Gasteiger partial charge in [-0.15, -0.1) is 11.3 Å². The van der Waals surface area contributed by atoms with Gasteiger partial charge in [0, 0.05) is 56.1 Å². The molecule has 9 nitrogen and oxygen atoms in total. The van der Waals surface area contributed by atoms with Crippen LogP contribution in [0.4, 0.5) is 5.69 Å². The summed E-state index contributed by atoms with van der Waals surface area (Å²) < 4.78 is 0. The largest absolute Gasteiger partial charge is 0.367 e. The molecule has 3 atom stereocenters. The standard InChI is InChI=1S/C26H34N6O3S2/c1-15-5-8-17(9-6-15)27-22(33)24(36)29-18-10-7-16(26(35)31(2)3)13-20(18)28-23(34)25-30-19-11-12-32(4)14-21(19)37-25/h5-6,8-9,16,18,20H,7,10-14H2,1-4H3,(H,27,33)(H,28,34)(H,29,36)/t16-,18-,20+/m0/s1. The number of fused-ring (bicyclic) bond motifs is 1. The summed E-state index contributed by atoms with van der Waals surface area (Å²) in [6.07, 6.45) is 2.51. The van der Waals surface area contributed by atoms with Crippen molar-refractivity contribution in [3.8, 4) is 0 Å². The zero-order valence-electron chi connectivity index (χ0n) is 21.7. The Morgan fingerprint density at radius 2 is 1.84 bits per heavy atom. The van der Waals surface area contributed by atoms with Crippen LogP contribution in [0.3, 0.4) is 0 Å². The van der Waals surface area contributed by atoms with Gasteiger partial charge in [0.15, 0.2) is 10.00 Å². The lowest BCUT2D eigenvalue weighted by atomic mass is 9.81. The molecule has 1 saturated carbocycles. The fraction of sp³-hybridized carbons (Fsp3) is 0.500. The van der Waals surface area contributed by atoms with E-state index < -0.39 is 5.91 Å². The van der Waals surface area contributed by atoms with E-state index in [1.54, 1.807) is 19.0 Å². The van der Waals surface area contributed by atoms with Crippen LogP contribution >= 0.6 is 23.6 Å². The van der Waals surface area contributed by atoms with Crippen LogP contribution in [-0.4, -0.2) is 77.3 Å². The number of carbonyl (C=O) groups excluding carboxylic acids is 3. The van der Waals surface area contributed by atoms with Gasteiger partial charge >= 0.3 is 0 Å². The van der Waals surface area contributed by atoms with Crippen molar-refractivity contribution in [2.75, 3.05) is 33.0 Å². The number of aromatic nitrogens is 1. The van der Waals surface area contributed by atoms with Crippen molar-refractivity contribution in [1.29, 1.82) is 0 Å². The maximum Gasteiger partial charge on any atom is 0.283 e. The Labute approximate surface area is 227 Å². The number of benzene rings is 1. The van der Waals surface area contributed by atoms with Gasteiger partial charge in [-0.25, -0.2) is 4.98 Å². The zero-order chi connectivity index (χ0) is 26.7. The zero-order valence-corrected chi connectivity index (χ0v) is 23.3. The smallest absolute Gasteiger partial charge is 0.283 e. The fourth-order valence-corrected chi connectivity index (χ4v) is 6.10. The van der Waals surface area contributed by atoms with Gasteiger partial charge in [-0.3, -0.25) is 14.4 Å². The first-order chi connectivity index (χ1) is 17.6. The normalized spacial score (nSPS) is 21.5. The molecule has 2 aliphatic rings. The molecule has 198 valence electrons. The molecule has 3 amide bonds. The van der Waals surface area contributed by atoms with Gasteiger partial charge < -0.3 is 25.8 Å². The van der Waals surface area contributed by atoms with E-state index >= 15 is 0 Å². The van der Waals surface area contributed by atoms with E-state index in [1.165, 1.54) is 11.3 Å². The molecular formula is C26H34N6O3S2. The molecule has 4 rings (SSSR count). The van der Waals surface area contributed by atoms with Crippen LogP contribution in [0.2, 0.25) is 0 Å². The van der Waals surface area contributed by atoms with E-state index in [1.807, 2.05) is 31.2 Å². The highest BCUT2D eigenvalue weighted by atomic mass is 32.1. The highest BCUT2D eigenvalue weighted by Gasteiger charge is 2.37. The Bertz CT molecular complexity index is 1180. The lowest BCUT2D eigenvalue weighted by Gasteiger charge is -2.37. The summed E-state index contributed by atoms with van der Waals surface area (Å²) in [5.41, 5.74) is 2.74. The Hall–Kier alpha value is -2.89. The van der Waals surface area contributed by atoms with Crippen molar-refractivity contribution in [1.82, 2.24) is 25.4 Å². The van der Waals surface area contributed by atoms with Crippen LogP contribution in [0.5, 0.6) is 0 Å². The lowest BCUT2D eigenvalue weighted by Crippen LogP contribution is -2.56. The number of hydrogen-bond donors (Lipinski definition) is 3. The topological polar surface area (TPSA) is 107 Å². The van der Waals surface area contributed by atoms with Gasteiger partial charge in [0.05, 0.1) is 11.7 Å². The molecule has 2 heterocycles. The highest BCUT2D eigenvalue weighted by molar-refractivity contribution is 7.82. The minimum atomic E-state index is -0.410. The molecule has 1 aromatic carbocycles. The van der Waals surface area contributed by atoms with Crippen molar-refractivity contribution >= 4 is 52.0 Å². The van der Waals surface area contributed by atoms with Crippen molar-refractivity contribution in [3.05, 3.63) is 45.4 Å². The summed E-state index contributed by atoms with van der Waals surface area (Å²) in [6, 6.07) is 6.80. The van der Waals surface area contributed by atoms with Crippen LogP contribution in [0.25, 0.3) is 0 Å². The van der Waals surface area contributed by atoms with E-state index in [2.05, 4.69) is 32.9 Å². The van der Waals surface area contributed by atoms with Crippen LogP contribution < -0.4 is 16.0 Å². The second-order valence-electron chi connectivity index (χ2n) is 10.1. The van der Waals surface area contributed by atoms with Gasteiger partial charge in [-0.05, 0) is 45.4 Å². The highest BCUT2D eigenvalue weighted by Crippen LogP contribution is 2.28. The monoisotopic (exact) mass is 542 g/mol. The molecule has 1 aromatic heterocycles. The summed E-state index contributed by atoms with van der Waals surface area (Å²) in [7, 11) is 5.53. The number of thiazole rings is 1. The SMILES string of the molecule is Cc1ccc(NC(=O)C(=S)N[C@H]2CC[C@H](C(=O)N(C)C)C[C@H]2NC(=O)c2nc3c(s2)CN(C)CC3)cc1. The summed E-state index contributed by atoms with van der Waals surface area (Å²) in [5, 5.41) is 9.50. The van der Waals surface area contributed by atoms with Gasteiger partial charge in [0.1, 0.15) is 0 Å². The Morgan fingerprint density at radius 1 is 1.11 bits per heavy atom. The second kappa shape index (κ2) is 11.7. The second-order valence-corrected chi connectivity index (χ2v) is 11.6. The molecular weight excluding hydrogens is 508 g/mol. The molecule has 1 aliphatic heterocycles. The Kier molecular flexibility index (Phi) is 8.56. The molecule has 2 aromatic rings. The minimum absolute atomic E-state index is 0.0325. The molecule has 3 N–H and O–H groups in total. The van der Waals surface area contributed by atoms with Crippen molar-refractivity contribution in [3.63, 3.8) is 0 Å². The Morgan fingerprint density at radius 3 is 2.54 bits per heavy atom. The maximum atomic E-state index is 13.2. The van der Waals surface area contributed by atoms with Crippen LogP contribution in [0, 0.1) is 12.8 Å². The maximum absolute atomic E-state index is 13.2. The fourth-order valence-electron chi connectivity index (χ4n) is 4.80. The third-order valence-corrected chi connectivity index (χ3v) is 8.29. The molecule has 1 aliphatic carbocycles. The van der Waals surface area contributed by atoms with Gasteiger partial charge in [-0.2, -0.15) is 0 Å². The summed E-state index contributed by atoms with van der Waals surface area (Å²) in [5.74, 6) is -0.851. The third-order valence-electron chi connectivity index (χ3n) is 6.91. The summed E-state index contributed by atoms with van der Waals surface area (Å²) >= 11 is 6.83. The minimum Gasteiger partial charge on any atom is -0.367 e. The van der Waals surface area contributed by atoms with E-state index in [9.17, 15) is 14.4 Å². The van der Waals surface area contributed by atoms with Crippen molar-refractivity contribution in [2.24, 2.45) is 5.92 Å². The quantitative estimate of drug-likeness (QED) is 0.498. The molecule has 0 bridgehead atoms. The number of hydrogen-bond acceptors (Lipinski definition) is 7. The number of thiocarbonyl (C=S) groups is 1. The van der Waals surface area contributed by atoms with E-state index in [0.717, 1.165) is 35.6 Å². The lowest BCUT2D eigenvalue weighted by molar-refractivity contribution is -0.134. The molecule has 0 radical (unpaired) electrons. The first-order valence-electron chi connectivity index (χ1n) is 12.5. The molecule has 1 fully saturated rings. The van der Waals surface area contributed by atoms with Crippen molar-refractivity contribution in [2.45, 2.75) is 51.2 Å². The Balaban J connectivity index is 1.45. The van der Waals surface area contributed by atoms with E-state index in [4.69, 9.17) is 12.2 Å². The molecule has 0 saturated heterocycles. The molecule has 11 heteroatoms. The van der Waals surface area contributed by atoms with E-state index in [-0.39, 0.29) is 34.8 Å². The van der Waals surface area contributed by atoms with Gasteiger partial charge in [-0.1, -0.05) is 29.9 Å². The molecule has 0 unspecified atom stereocenters. The number of rotatable bonds is 5. The third kappa shape index (κ3) is 6.71. The summed E-state index contributed by atoms with van der Waals surface area (Å²) in [6.45, 7) is 3.68. The predicted molar refractivity (Wildman–Crippen MR) is 149 cm³/mol. The number of aryl methyl sites for hydroxylation is 1. The first kappa shape index (κ1) is 27.2. The molecule has 37 heavy (non-hydrogen) atoms.